The second kappa shape index (κ2) is 4.40. The van der Waals surface area contributed by atoms with Gasteiger partial charge in [-0.3, -0.25) is 0 Å². The lowest BCUT2D eigenvalue weighted by Gasteiger charge is -2.12. The Morgan fingerprint density at radius 3 is 2.12 bits per heavy atom. The molecule has 2 aromatic carbocycles. The van der Waals surface area contributed by atoms with Gasteiger partial charge in [-0.1, -0.05) is 45.9 Å². The number of rotatable bonds is 2. The molecule has 1 N–H and O–H groups in total. The lowest BCUT2D eigenvalue weighted by Crippen LogP contribution is -1.90. The zero-order valence-electron chi connectivity index (χ0n) is 11.0. The van der Waals surface area contributed by atoms with Crippen LogP contribution in [0.5, 0.6) is 5.75 Å². The topological polar surface area (TPSA) is 20.2 Å². The Morgan fingerprint density at radius 1 is 0.824 bits per heavy atom. The minimum atomic E-state index is 0.351. The first kappa shape index (κ1) is 12.0. The minimum absolute atomic E-state index is 0.351. The molecule has 0 fully saturated rings. The summed E-state index contributed by atoms with van der Waals surface area (Å²) in [6.45, 7) is 8.57. The zero-order chi connectivity index (χ0) is 12.6. The Hall–Kier alpha value is -1.50. The number of aromatic hydroxyl groups is 1. The van der Waals surface area contributed by atoms with E-state index in [0.717, 1.165) is 10.9 Å². The molecule has 2 rings (SSSR count). The van der Waals surface area contributed by atoms with E-state index in [1.807, 2.05) is 6.07 Å². The van der Waals surface area contributed by atoms with E-state index in [1.165, 1.54) is 10.9 Å². The van der Waals surface area contributed by atoms with Crippen LogP contribution in [0.2, 0.25) is 0 Å². The molecule has 0 aromatic heterocycles. The van der Waals surface area contributed by atoms with Gasteiger partial charge in [0, 0.05) is 0 Å². The third kappa shape index (κ3) is 2.28. The van der Waals surface area contributed by atoms with E-state index in [9.17, 15) is 5.11 Å². The molecule has 0 bridgehead atoms. The quantitative estimate of drug-likeness (QED) is 0.783. The van der Waals surface area contributed by atoms with Gasteiger partial charge in [0.15, 0.2) is 0 Å². The van der Waals surface area contributed by atoms with Crippen molar-refractivity contribution in [2.24, 2.45) is 0 Å². The summed E-state index contributed by atoms with van der Waals surface area (Å²) < 4.78 is 0. The highest BCUT2D eigenvalue weighted by Gasteiger charge is 2.08. The number of phenolic OH excluding ortho intramolecular Hbond substituents is 1. The van der Waals surface area contributed by atoms with Crippen LogP contribution < -0.4 is 0 Å². The SMILES string of the molecule is CC(C)c1ccc2cc(C(C)C)c(O)cc2c1. The molecule has 0 unspecified atom stereocenters. The molecular formula is C16H20O. The first-order valence-electron chi connectivity index (χ1n) is 6.25. The fraction of sp³-hybridized carbons (Fsp3) is 0.375. The van der Waals surface area contributed by atoms with E-state index in [-0.39, 0.29) is 0 Å². The van der Waals surface area contributed by atoms with Gasteiger partial charge in [0.05, 0.1) is 0 Å². The van der Waals surface area contributed by atoms with Crippen LogP contribution in [0, 0.1) is 0 Å². The van der Waals surface area contributed by atoms with Gasteiger partial charge in [-0.25, -0.2) is 0 Å². The molecule has 0 radical (unpaired) electrons. The number of hydrogen-bond donors (Lipinski definition) is 1. The van der Waals surface area contributed by atoms with Gasteiger partial charge >= 0.3 is 0 Å². The van der Waals surface area contributed by atoms with Crippen molar-refractivity contribution in [3.05, 3.63) is 41.5 Å². The molecule has 0 aliphatic carbocycles. The van der Waals surface area contributed by atoms with Gasteiger partial charge in [-0.05, 0) is 45.9 Å². The maximum Gasteiger partial charge on any atom is 0.119 e. The fourth-order valence-electron chi connectivity index (χ4n) is 2.14. The van der Waals surface area contributed by atoms with Crippen LogP contribution in [0.25, 0.3) is 10.8 Å². The Morgan fingerprint density at radius 2 is 1.53 bits per heavy atom. The van der Waals surface area contributed by atoms with Crippen molar-refractivity contribution in [3.8, 4) is 5.75 Å². The Kier molecular flexibility index (Phi) is 3.10. The molecule has 17 heavy (non-hydrogen) atoms. The van der Waals surface area contributed by atoms with Crippen molar-refractivity contribution in [1.29, 1.82) is 0 Å². The lowest BCUT2D eigenvalue weighted by molar-refractivity contribution is 0.466. The highest BCUT2D eigenvalue weighted by molar-refractivity contribution is 5.85. The number of benzene rings is 2. The molecule has 90 valence electrons. The second-order valence-electron chi connectivity index (χ2n) is 5.33. The van der Waals surface area contributed by atoms with E-state index in [4.69, 9.17) is 0 Å². The van der Waals surface area contributed by atoms with Crippen molar-refractivity contribution >= 4 is 10.8 Å². The number of phenols is 1. The smallest absolute Gasteiger partial charge is 0.119 e. The molecule has 1 heteroatoms. The number of fused-ring (bicyclic) bond motifs is 1. The molecule has 0 spiro atoms. The van der Waals surface area contributed by atoms with Gasteiger partial charge in [0.2, 0.25) is 0 Å². The third-order valence-corrected chi connectivity index (χ3v) is 3.30. The fourth-order valence-corrected chi connectivity index (χ4v) is 2.14. The summed E-state index contributed by atoms with van der Waals surface area (Å²) in [5.41, 5.74) is 2.34. The van der Waals surface area contributed by atoms with Crippen LogP contribution >= 0.6 is 0 Å². The van der Waals surface area contributed by atoms with E-state index >= 15 is 0 Å². The highest BCUT2D eigenvalue weighted by Crippen LogP contribution is 2.31. The van der Waals surface area contributed by atoms with Crippen LogP contribution in [0.1, 0.15) is 50.7 Å². The van der Waals surface area contributed by atoms with Crippen LogP contribution in [0.3, 0.4) is 0 Å². The van der Waals surface area contributed by atoms with Gasteiger partial charge in [-0.15, -0.1) is 0 Å². The van der Waals surface area contributed by atoms with Crippen molar-refractivity contribution in [2.75, 3.05) is 0 Å². The summed E-state index contributed by atoms with van der Waals surface area (Å²) in [6, 6.07) is 10.5. The standard InChI is InChI=1S/C16H20O/c1-10(2)12-5-6-13-8-15(11(3)4)16(17)9-14(13)7-12/h5-11,17H,1-4H3. The first-order valence-corrected chi connectivity index (χ1v) is 6.25. The van der Waals surface area contributed by atoms with Crippen LogP contribution in [0.15, 0.2) is 30.3 Å². The van der Waals surface area contributed by atoms with Crippen LogP contribution in [-0.4, -0.2) is 5.11 Å². The molecule has 0 aliphatic heterocycles. The average Bonchev–Trinajstić information content (AvgIpc) is 2.26. The summed E-state index contributed by atoms with van der Waals surface area (Å²) in [6.07, 6.45) is 0. The molecule has 0 atom stereocenters. The van der Waals surface area contributed by atoms with E-state index < -0.39 is 0 Å². The van der Waals surface area contributed by atoms with E-state index in [0.29, 0.717) is 17.6 Å². The zero-order valence-corrected chi connectivity index (χ0v) is 11.0. The van der Waals surface area contributed by atoms with Gasteiger partial charge < -0.3 is 5.11 Å². The van der Waals surface area contributed by atoms with Crippen molar-refractivity contribution in [2.45, 2.75) is 39.5 Å². The summed E-state index contributed by atoms with van der Waals surface area (Å²) in [4.78, 5) is 0. The Labute approximate surface area is 103 Å². The molecule has 0 aliphatic rings. The maximum atomic E-state index is 10.0. The summed E-state index contributed by atoms with van der Waals surface area (Å²) >= 11 is 0. The maximum absolute atomic E-state index is 10.0. The molecule has 0 saturated heterocycles. The highest BCUT2D eigenvalue weighted by atomic mass is 16.3. The third-order valence-electron chi connectivity index (χ3n) is 3.30. The van der Waals surface area contributed by atoms with Gasteiger partial charge in [0.25, 0.3) is 0 Å². The predicted molar refractivity (Wildman–Crippen MR) is 73.8 cm³/mol. The number of hydrogen-bond acceptors (Lipinski definition) is 1. The van der Waals surface area contributed by atoms with Crippen LogP contribution in [-0.2, 0) is 0 Å². The summed E-state index contributed by atoms with van der Waals surface area (Å²) in [5.74, 6) is 1.28. The largest absolute Gasteiger partial charge is 0.508 e. The second-order valence-corrected chi connectivity index (χ2v) is 5.33. The average molecular weight is 228 g/mol. The van der Waals surface area contributed by atoms with Gasteiger partial charge in [0.1, 0.15) is 5.75 Å². The first-order chi connectivity index (χ1) is 7.99. The van der Waals surface area contributed by atoms with Crippen molar-refractivity contribution < 1.29 is 5.11 Å². The summed E-state index contributed by atoms with van der Waals surface area (Å²) in [7, 11) is 0. The Balaban J connectivity index is 2.62. The lowest BCUT2D eigenvalue weighted by atomic mass is 9.95. The van der Waals surface area contributed by atoms with E-state index in [2.05, 4.69) is 52.0 Å². The predicted octanol–water partition coefficient (Wildman–Crippen LogP) is 4.79. The summed E-state index contributed by atoms with van der Waals surface area (Å²) in [5, 5.41) is 12.3. The van der Waals surface area contributed by atoms with Gasteiger partial charge in [-0.2, -0.15) is 0 Å². The van der Waals surface area contributed by atoms with Crippen molar-refractivity contribution in [1.82, 2.24) is 0 Å². The molecule has 0 heterocycles. The van der Waals surface area contributed by atoms with Crippen molar-refractivity contribution in [3.63, 3.8) is 0 Å². The molecule has 2 aromatic rings. The van der Waals surface area contributed by atoms with E-state index in [1.54, 1.807) is 0 Å². The molecule has 0 saturated carbocycles. The molecular weight excluding hydrogens is 208 g/mol. The monoisotopic (exact) mass is 228 g/mol. The minimum Gasteiger partial charge on any atom is -0.508 e. The molecule has 0 amide bonds. The molecule has 1 nitrogen and oxygen atoms in total. The Bertz CT molecular complexity index is 538. The normalized spacial score (nSPS) is 11.6. The van der Waals surface area contributed by atoms with Crippen LogP contribution in [0.4, 0.5) is 0 Å².